The van der Waals surface area contributed by atoms with Crippen molar-refractivity contribution in [3.63, 3.8) is 0 Å². The summed E-state index contributed by atoms with van der Waals surface area (Å²) in [5.41, 5.74) is 2.31. The van der Waals surface area contributed by atoms with Crippen LogP contribution in [-0.4, -0.2) is 25.5 Å². The fourth-order valence-corrected chi connectivity index (χ4v) is 2.47. The van der Waals surface area contributed by atoms with Crippen molar-refractivity contribution in [2.45, 2.75) is 12.8 Å². The van der Waals surface area contributed by atoms with Gasteiger partial charge in [0.1, 0.15) is 5.75 Å². The highest BCUT2D eigenvalue weighted by Gasteiger charge is 2.16. The van der Waals surface area contributed by atoms with E-state index in [4.69, 9.17) is 4.74 Å². The van der Waals surface area contributed by atoms with Gasteiger partial charge in [-0.2, -0.15) is 0 Å². The minimum absolute atomic E-state index is 0.0167. The van der Waals surface area contributed by atoms with Gasteiger partial charge in [-0.25, -0.2) is 0 Å². The van der Waals surface area contributed by atoms with Gasteiger partial charge in [-0.15, -0.1) is 0 Å². The van der Waals surface area contributed by atoms with E-state index in [0.29, 0.717) is 24.5 Å². The Labute approximate surface area is 134 Å². The van der Waals surface area contributed by atoms with Crippen LogP contribution in [-0.2, 0) is 16.0 Å². The SMILES string of the molecule is CN(C(=O)Cc1ccc2c(c1)NC(=O)CCO2)c1ccccc1. The van der Waals surface area contributed by atoms with E-state index in [1.54, 1.807) is 24.1 Å². The number of para-hydroxylation sites is 1. The monoisotopic (exact) mass is 310 g/mol. The van der Waals surface area contributed by atoms with Crippen LogP contribution in [0.25, 0.3) is 0 Å². The molecule has 1 aliphatic rings. The molecule has 0 unspecified atom stereocenters. The summed E-state index contributed by atoms with van der Waals surface area (Å²) in [5.74, 6) is 0.550. The predicted octanol–water partition coefficient (Wildman–Crippen LogP) is 2.61. The number of nitrogens with one attached hydrogen (secondary N) is 1. The second-order valence-electron chi connectivity index (χ2n) is 5.44. The molecule has 5 heteroatoms. The van der Waals surface area contributed by atoms with Gasteiger partial charge in [-0.1, -0.05) is 24.3 Å². The van der Waals surface area contributed by atoms with Crippen molar-refractivity contribution < 1.29 is 14.3 Å². The first-order chi connectivity index (χ1) is 11.1. The quantitative estimate of drug-likeness (QED) is 0.948. The molecule has 2 amide bonds. The van der Waals surface area contributed by atoms with E-state index in [9.17, 15) is 9.59 Å². The minimum Gasteiger partial charge on any atom is -0.491 e. The van der Waals surface area contributed by atoms with Crippen LogP contribution in [0.4, 0.5) is 11.4 Å². The topological polar surface area (TPSA) is 58.6 Å². The summed E-state index contributed by atoms with van der Waals surface area (Å²) in [5, 5.41) is 2.81. The van der Waals surface area contributed by atoms with Gasteiger partial charge in [0.25, 0.3) is 0 Å². The van der Waals surface area contributed by atoms with Gasteiger partial charge in [0.2, 0.25) is 11.8 Å². The van der Waals surface area contributed by atoms with Crippen molar-refractivity contribution in [2.75, 3.05) is 23.9 Å². The third-order valence-electron chi connectivity index (χ3n) is 3.78. The van der Waals surface area contributed by atoms with Crippen LogP contribution in [0.5, 0.6) is 5.75 Å². The largest absolute Gasteiger partial charge is 0.491 e. The van der Waals surface area contributed by atoms with Gasteiger partial charge in [0, 0.05) is 12.7 Å². The fraction of sp³-hybridized carbons (Fsp3) is 0.222. The van der Waals surface area contributed by atoms with Crippen LogP contribution >= 0.6 is 0 Å². The number of rotatable bonds is 3. The zero-order valence-electron chi connectivity index (χ0n) is 12.9. The standard InChI is InChI=1S/C18H18N2O3/c1-20(14-5-3-2-4-6-14)18(22)12-13-7-8-16-15(11-13)19-17(21)9-10-23-16/h2-8,11H,9-10,12H2,1H3,(H,19,21). The third-order valence-corrected chi connectivity index (χ3v) is 3.78. The molecule has 0 saturated carbocycles. The van der Waals surface area contributed by atoms with Crippen molar-refractivity contribution in [1.29, 1.82) is 0 Å². The molecule has 0 fully saturated rings. The number of carbonyl (C=O) groups excluding carboxylic acids is 2. The summed E-state index contributed by atoms with van der Waals surface area (Å²) < 4.78 is 5.52. The Morgan fingerprint density at radius 3 is 2.78 bits per heavy atom. The molecule has 1 aliphatic heterocycles. The van der Waals surface area contributed by atoms with E-state index in [1.807, 2.05) is 36.4 Å². The van der Waals surface area contributed by atoms with Gasteiger partial charge in [0.15, 0.2) is 0 Å². The van der Waals surface area contributed by atoms with E-state index in [0.717, 1.165) is 11.3 Å². The number of benzene rings is 2. The molecule has 0 atom stereocenters. The Kier molecular flexibility index (Phi) is 4.28. The van der Waals surface area contributed by atoms with Crippen LogP contribution in [0, 0.1) is 0 Å². The highest BCUT2D eigenvalue weighted by molar-refractivity contribution is 5.95. The first kappa shape index (κ1) is 15.1. The summed E-state index contributed by atoms with van der Waals surface area (Å²) in [6.45, 7) is 0.369. The summed E-state index contributed by atoms with van der Waals surface area (Å²) in [6, 6.07) is 14.9. The second-order valence-corrected chi connectivity index (χ2v) is 5.44. The zero-order chi connectivity index (χ0) is 16.2. The number of fused-ring (bicyclic) bond motifs is 1. The van der Waals surface area contributed by atoms with Crippen LogP contribution < -0.4 is 15.0 Å². The molecule has 0 aromatic heterocycles. The maximum atomic E-state index is 12.4. The molecule has 0 saturated heterocycles. The molecule has 5 nitrogen and oxygen atoms in total. The first-order valence-electron chi connectivity index (χ1n) is 7.50. The van der Waals surface area contributed by atoms with Crippen molar-refractivity contribution in [3.8, 4) is 5.75 Å². The number of hydrogen-bond acceptors (Lipinski definition) is 3. The van der Waals surface area contributed by atoms with Crippen molar-refractivity contribution in [2.24, 2.45) is 0 Å². The number of carbonyl (C=O) groups is 2. The van der Waals surface area contributed by atoms with Crippen molar-refractivity contribution in [3.05, 3.63) is 54.1 Å². The predicted molar refractivity (Wildman–Crippen MR) is 88.7 cm³/mol. The number of likely N-dealkylation sites (N-methyl/N-ethyl adjacent to an activating group) is 1. The number of nitrogens with zero attached hydrogens (tertiary/aromatic N) is 1. The highest BCUT2D eigenvalue weighted by atomic mass is 16.5. The lowest BCUT2D eigenvalue weighted by atomic mass is 10.1. The molecule has 118 valence electrons. The molecule has 3 rings (SSSR count). The smallest absolute Gasteiger partial charge is 0.231 e. The van der Waals surface area contributed by atoms with E-state index < -0.39 is 0 Å². The summed E-state index contributed by atoms with van der Waals surface area (Å²) >= 11 is 0. The zero-order valence-corrected chi connectivity index (χ0v) is 12.9. The lowest BCUT2D eigenvalue weighted by molar-refractivity contribution is -0.118. The van der Waals surface area contributed by atoms with Gasteiger partial charge >= 0.3 is 0 Å². The average Bonchev–Trinajstić information content (AvgIpc) is 2.75. The van der Waals surface area contributed by atoms with Crippen LogP contribution in [0.1, 0.15) is 12.0 Å². The Hall–Kier alpha value is -2.82. The van der Waals surface area contributed by atoms with Crippen LogP contribution in [0.3, 0.4) is 0 Å². The van der Waals surface area contributed by atoms with E-state index >= 15 is 0 Å². The maximum absolute atomic E-state index is 12.4. The minimum atomic E-state index is -0.0753. The molecule has 0 bridgehead atoms. The molecular formula is C18H18N2O3. The number of hydrogen-bond donors (Lipinski definition) is 1. The van der Waals surface area contributed by atoms with Gasteiger partial charge in [0.05, 0.1) is 25.1 Å². The Morgan fingerprint density at radius 1 is 1.22 bits per heavy atom. The molecular weight excluding hydrogens is 292 g/mol. The van der Waals surface area contributed by atoms with Crippen molar-refractivity contribution >= 4 is 23.2 Å². The van der Waals surface area contributed by atoms with Gasteiger partial charge < -0.3 is 15.0 Å². The van der Waals surface area contributed by atoms with E-state index in [1.165, 1.54) is 0 Å². The van der Waals surface area contributed by atoms with Gasteiger partial charge in [-0.3, -0.25) is 9.59 Å². The summed E-state index contributed by atoms with van der Waals surface area (Å²) in [7, 11) is 1.76. The highest BCUT2D eigenvalue weighted by Crippen LogP contribution is 2.28. The lowest BCUT2D eigenvalue weighted by Crippen LogP contribution is -2.27. The normalized spacial score (nSPS) is 13.3. The molecule has 2 aromatic carbocycles. The maximum Gasteiger partial charge on any atom is 0.231 e. The summed E-state index contributed by atoms with van der Waals surface area (Å²) in [4.78, 5) is 25.7. The number of amides is 2. The number of ether oxygens (including phenoxy) is 1. The van der Waals surface area contributed by atoms with Crippen LogP contribution in [0.15, 0.2) is 48.5 Å². The molecule has 0 spiro atoms. The average molecular weight is 310 g/mol. The van der Waals surface area contributed by atoms with E-state index in [-0.39, 0.29) is 18.2 Å². The molecule has 0 radical (unpaired) electrons. The second kappa shape index (κ2) is 6.52. The first-order valence-corrected chi connectivity index (χ1v) is 7.50. The number of anilines is 2. The summed E-state index contributed by atoms with van der Waals surface area (Å²) in [6.07, 6.45) is 0.592. The Bertz CT molecular complexity index is 728. The molecule has 1 heterocycles. The molecule has 0 aliphatic carbocycles. The molecule has 1 N–H and O–H groups in total. The van der Waals surface area contributed by atoms with Gasteiger partial charge in [-0.05, 0) is 29.8 Å². The van der Waals surface area contributed by atoms with Crippen molar-refractivity contribution in [1.82, 2.24) is 0 Å². The third kappa shape index (κ3) is 3.51. The fourth-order valence-electron chi connectivity index (χ4n) is 2.47. The van der Waals surface area contributed by atoms with Crippen LogP contribution in [0.2, 0.25) is 0 Å². The Morgan fingerprint density at radius 2 is 2.00 bits per heavy atom. The Balaban J connectivity index is 1.75. The lowest BCUT2D eigenvalue weighted by Gasteiger charge is -2.17. The van der Waals surface area contributed by atoms with E-state index in [2.05, 4.69) is 5.32 Å². The molecule has 2 aromatic rings. The molecule has 23 heavy (non-hydrogen) atoms.